The summed E-state index contributed by atoms with van der Waals surface area (Å²) in [6.45, 7) is 0. The summed E-state index contributed by atoms with van der Waals surface area (Å²) in [5, 5.41) is 0. The lowest BCUT2D eigenvalue weighted by molar-refractivity contribution is 0.412. The average Bonchev–Trinajstić information content (AvgIpc) is 2.39. The number of rotatable bonds is 4. The summed E-state index contributed by atoms with van der Waals surface area (Å²) in [7, 11) is -3.61. The highest BCUT2D eigenvalue weighted by atomic mass is 79.9. The highest BCUT2D eigenvalue weighted by molar-refractivity contribution is 9.10. The van der Waals surface area contributed by atoms with Crippen molar-refractivity contribution in [3.8, 4) is 0 Å². The monoisotopic (exact) mass is 348 g/mol. The van der Waals surface area contributed by atoms with Gasteiger partial charge in [0, 0.05) is 16.7 Å². The van der Waals surface area contributed by atoms with Crippen molar-refractivity contribution in [2.24, 2.45) is 5.84 Å². The van der Waals surface area contributed by atoms with Gasteiger partial charge in [-0.25, -0.2) is 24.0 Å². The third-order valence-electron chi connectivity index (χ3n) is 3.17. The van der Waals surface area contributed by atoms with E-state index < -0.39 is 10.0 Å². The number of hydrogen-bond acceptors (Lipinski definition) is 5. The van der Waals surface area contributed by atoms with Crippen LogP contribution < -0.4 is 16.0 Å². The fourth-order valence-electron chi connectivity index (χ4n) is 2.24. The predicted molar refractivity (Wildman–Crippen MR) is 76.9 cm³/mol. The van der Waals surface area contributed by atoms with E-state index in [1.165, 1.54) is 18.7 Å². The second-order valence-electron chi connectivity index (χ2n) is 4.60. The maximum Gasteiger partial charge on any atom is 0.244 e. The molecule has 0 spiro atoms. The van der Waals surface area contributed by atoms with Crippen molar-refractivity contribution in [2.45, 2.75) is 43.0 Å². The Morgan fingerprint density at radius 1 is 1.32 bits per heavy atom. The van der Waals surface area contributed by atoms with Crippen molar-refractivity contribution in [3.63, 3.8) is 0 Å². The van der Waals surface area contributed by atoms with E-state index in [0.717, 1.165) is 25.7 Å². The number of nitrogens with one attached hydrogen (secondary N) is 2. The minimum absolute atomic E-state index is 0.00311. The van der Waals surface area contributed by atoms with Gasteiger partial charge in [-0.2, -0.15) is 0 Å². The minimum Gasteiger partial charge on any atom is -0.307 e. The van der Waals surface area contributed by atoms with E-state index in [9.17, 15) is 8.42 Å². The first kappa shape index (κ1) is 14.7. The second-order valence-corrected chi connectivity index (χ2v) is 7.20. The Bertz CT molecular complexity index is 544. The van der Waals surface area contributed by atoms with Gasteiger partial charge in [0.25, 0.3) is 0 Å². The summed E-state index contributed by atoms with van der Waals surface area (Å²) in [6.07, 6.45) is 6.55. The van der Waals surface area contributed by atoms with E-state index in [1.54, 1.807) is 0 Å². The van der Waals surface area contributed by atoms with Crippen LogP contribution in [0.25, 0.3) is 0 Å². The van der Waals surface area contributed by atoms with Crippen LogP contribution in [0.3, 0.4) is 0 Å². The molecule has 0 unspecified atom stereocenters. The zero-order chi connectivity index (χ0) is 13.9. The molecule has 8 heteroatoms. The molecule has 1 aromatic rings. The van der Waals surface area contributed by atoms with Crippen molar-refractivity contribution in [2.75, 3.05) is 5.43 Å². The number of hydrazine groups is 1. The minimum atomic E-state index is -3.61. The molecule has 1 heterocycles. The van der Waals surface area contributed by atoms with Crippen molar-refractivity contribution < 1.29 is 8.42 Å². The van der Waals surface area contributed by atoms with Crippen LogP contribution in [0.5, 0.6) is 0 Å². The average molecular weight is 349 g/mol. The smallest absolute Gasteiger partial charge is 0.244 e. The van der Waals surface area contributed by atoms with Crippen LogP contribution in [0.15, 0.2) is 21.6 Å². The zero-order valence-electron chi connectivity index (χ0n) is 10.4. The van der Waals surface area contributed by atoms with Crippen LogP contribution in [-0.2, 0) is 10.0 Å². The number of nitrogen functional groups attached to an aromatic ring is 1. The standard InChI is InChI=1S/C11H17BrN4O2S/c12-8-6-10(11(15-13)14-7-8)19(17,18)16-9-4-2-1-3-5-9/h6-7,9,16H,1-5,13H2,(H,14,15). The fraction of sp³-hybridized carbons (Fsp3) is 0.545. The second kappa shape index (κ2) is 6.17. The number of aromatic nitrogens is 1. The molecule has 1 aromatic heterocycles. The molecule has 0 bridgehead atoms. The number of sulfonamides is 1. The molecule has 6 nitrogen and oxygen atoms in total. The molecule has 1 fully saturated rings. The Morgan fingerprint density at radius 2 is 2.00 bits per heavy atom. The third kappa shape index (κ3) is 3.65. The molecule has 106 valence electrons. The number of halogens is 1. The van der Waals surface area contributed by atoms with Crippen molar-refractivity contribution in [1.82, 2.24) is 9.71 Å². The van der Waals surface area contributed by atoms with Gasteiger partial charge in [0.1, 0.15) is 4.90 Å². The van der Waals surface area contributed by atoms with Gasteiger partial charge in [-0.05, 0) is 34.8 Å². The molecular weight excluding hydrogens is 332 g/mol. The zero-order valence-corrected chi connectivity index (χ0v) is 12.8. The Morgan fingerprint density at radius 3 is 2.63 bits per heavy atom. The van der Waals surface area contributed by atoms with Crippen LogP contribution in [0, 0.1) is 0 Å². The van der Waals surface area contributed by atoms with Gasteiger partial charge >= 0.3 is 0 Å². The van der Waals surface area contributed by atoms with Crippen molar-refractivity contribution in [3.05, 3.63) is 16.7 Å². The first-order chi connectivity index (χ1) is 9.03. The summed E-state index contributed by atoms with van der Waals surface area (Å²) >= 11 is 3.22. The Hall–Kier alpha value is -0.700. The fourth-order valence-corrected chi connectivity index (χ4v) is 4.17. The molecular formula is C11H17BrN4O2S. The largest absolute Gasteiger partial charge is 0.307 e. The van der Waals surface area contributed by atoms with Gasteiger partial charge in [-0.3, -0.25) is 0 Å². The highest BCUT2D eigenvalue weighted by Gasteiger charge is 2.25. The summed E-state index contributed by atoms with van der Waals surface area (Å²) in [5.74, 6) is 5.46. The lowest BCUT2D eigenvalue weighted by Gasteiger charge is -2.23. The van der Waals surface area contributed by atoms with Crippen molar-refractivity contribution in [1.29, 1.82) is 0 Å². The molecule has 1 aliphatic carbocycles. The molecule has 0 aliphatic heterocycles. The molecule has 19 heavy (non-hydrogen) atoms. The van der Waals surface area contributed by atoms with E-state index >= 15 is 0 Å². The molecule has 0 radical (unpaired) electrons. The summed E-state index contributed by atoms with van der Waals surface area (Å²) < 4.78 is 28.1. The number of nitrogens with two attached hydrogens (primary N) is 1. The molecule has 0 amide bonds. The normalized spacial score (nSPS) is 17.4. The number of anilines is 1. The maximum absolute atomic E-state index is 12.4. The first-order valence-electron chi connectivity index (χ1n) is 6.17. The molecule has 2 rings (SSSR count). The van der Waals surface area contributed by atoms with E-state index in [0.29, 0.717) is 4.47 Å². The van der Waals surface area contributed by atoms with E-state index in [-0.39, 0.29) is 16.8 Å². The van der Waals surface area contributed by atoms with Gasteiger partial charge in [0.15, 0.2) is 5.82 Å². The van der Waals surface area contributed by atoms with Crippen molar-refractivity contribution >= 4 is 31.8 Å². The summed E-state index contributed by atoms with van der Waals surface area (Å²) in [6, 6.07) is 1.50. The van der Waals surface area contributed by atoms with Crippen LogP contribution in [0.4, 0.5) is 5.82 Å². The number of pyridine rings is 1. The topological polar surface area (TPSA) is 97.1 Å². The molecule has 0 aromatic carbocycles. The quantitative estimate of drug-likeness (QED) is 0.568. The van der Waals surface area contributed by atoms with E-state index in [2.05, 4.69) is 31.1 Å². The molecule has 1 aliphatic rings. The van der Waals surface area contributed by atoms with E-state index in [4.69, 9.17) is 5.84 Å². The molecule has 1 saturated carbocycles. The molecule has 0 atom stereocenters. The maximum atomic E-state index is 12.4. The van der Waals surface area contributed by atoms with Gasteiger partial charge in [0.2, 0.25) is 10.0 Å². The lowest BCUT2D eigenvalue weighted by atomic mass is 9.96. The van der Waals surface area contributed by atoms with Crippen LogP contribution in [0.1, 0.15) is 32.1 Å². The third-order valence-corrected chi connectivity index (χ3v) is 5.14. The lowest BCUT2D eigenvalue weighted by Crippen LogP contribution is -2.36. The van der Waals surface area contributed by atoms with E-state index in [1.807, 2.05) is 0 Å². The molecule has 0 saturated heterocycles. The van der Waals surface area contributed by atoms with Gasteiger partial charge in [-0.15, -0.1) is 0 Å². The summed E-state index contributed by atoms with van der Waals surface area (Å²) in [4.78, 5) is 4.02. The summed E-state index contributed by atoms with van der Waals surface area (Å²) in [5.41, 5.74) is 2.32. The highest BCUT2D eigenvalue weighted by Crippen LogP contribution is 2.24. The number of nitrogens with zero attached hydrogens (tertiary/aromatic N) is 1. The Kier molecular flexibility index (Phi) is 4.77. The SMILES string of the molecule is NNc1ncc(Br)cc1S(=O)(=O)NC1CCCCC1. The predicted octanol–water partition coefficient (Wildman–Crippen LogP) is 1.74. The van der Waals surface area contributed by atoms with Gasteiger partial charge in [-0.1, -0.05) is 19.3 Å². The van der Waals surface area contributed by atoms with Gasteiger partial charge < -0.3 is 5.43 Å². The van der Waals surface area contributed by atoms with Crippen LogP contribution >= 0.6 is 15.9 Å². The van der Waals surface area contributed by atoms with Gasteiger partial charge in [0.05, 0.1) is 0 Å². The van der Waals surface area contributed by atoms with Crippen LogP contribution in [-0.4, -0.2) is 19.4 Å². The van der Waals surface area contributed by atoms with Crippen LogP contribution in [0.2, 0.25) is 0 Å². The molecule has 4 N–H and O–H groups in total. The first-order valence-corrected chi connectivity index (χ1v) is 8.45. The Balaban J connectivity index is 2.25. The number of hydrogen-bond donors (Lipinski definition) is 3. The Labute approximate surface area is 121 Å².